The van der Waals surface area contributed by atoms with Crippen LogP contribution in [0.2, 0.25) is 0 Å². The molecule has 2 aromatic rings. The highest BCUT2D eigenvalue weighted by molar-refractivity contribution is 5.91. The summed E-state index contributed by atoms with van der Waals surface area (Å²) < 4.78 is 13.9. The molecule has 0 aliphatic carbocycles. The van der Waals surface area contributed by atoms with Gasteiger partial charge >= 0.3 is 0 Å². The Morgan fingerprint density at radius 3 is 2.75 bits per heavy atom. The van der Waals surface area contributed by atoms with Gasteiger partial charge in [0, 0.05) is 18.0 Å². The minimum absolute atomic E-state index is 0.0592. The molecule has 6 heteroatoms. The molecule has 0 aliphatic heterocycles. The van der Waals surface area contributed by atoms with E-state index in [1.54, 1.807) is 19.1 Å². The highest BCUT2D eigenvalue weighted by Gasteiger charge is 2.17. The average molecular weight is 328 g/mol. The first kappa shape index (κ1) is 17.6. The molecule has 1 atom stereocenters. The maximum Gasteiger partial charge on any atom is 0.168 e. The number of fused-ring (bicyclic) bond motifs is 1. The van der Waals surface area contributed by atoms with Gasteiger partial charge in [0.05, 0.1) is 11.1 Å². The van der Waals surface area contributed by atoms with Crippen LogP contribution in [0.15, 0.2) is 54.6 Å². The number of para-hydroxylation sites is 1. The molecule has 0 radical (unpaired) electrons. The van der Waals surface area contributed by atoms with Gasteiger partial charge in [-0.05, 0) is 32.1 Å². The van der Waals surface area contributed by atoms with Crippen molar-refractivity contribution in [2.24, 2.45) is 5.73 Å². The number of rotatable bonds is 6. The van der Waals surface area contributed by atoms with Crippen molar-refractivity contribution >= 4 is 22.3 Å². The second-order valence-electron chi connectivity index (χ2n) is 5.44. The lowest BCUT2D eigenvalue weighted by atomic mass is 10.1. The highest BCUT2D eigenvalue weighted by Crippen LogP contribution is 2.28. The Labute approximate surface area is 140 Å². The third-order valence-electron chi connectivity index (χ3n) is 3.27. The van der Waals surface area contributed by atoms with E-state index in [1.807, 2.05) is 25.1 Å². The first-order valence-electron chi connectivity index (χ1n) is 7.61. The lowest BCUT2D eigenvalue weighted by molar-refractivity contribution is 0.432. The van der Waals surface area contributed by atoms with Crippen LogP contribution in [0.5, 0.6) is 0 Å². The molecule has 1 aromatic carbocycles. The van der Waals surface area contributed by atoms with Crippen molar-refractivity contribution in [2.45, 2.75) is 19.9 Å². The summed E-state index contributed by atoms with van der Waals surface area (Å²) in [5.74, 6) is -0.499. The van der Waals surface area contributed by atoms with E-state index in [9.17, 15) is 9.50 Å². The quantitative estimate of drug-likeness (QED) is 0.556. The smallest absolute Gasteiger partial charge is 0.168 e. The summed E-state index contributed by atoms with van der Waals surface area (Å²) in [7, 11) is 0. The van der Waals surface area contributed by atoms with Gasteiger partial charge in [0.15, 0.2) is 5.82 Å². The highest BCUT2D eigenvalue weighted by atomic mass is 19.1. The van der Waals surface area contributed by atoms with Crippen LogP contribution in [-0.4, -0.2) is 27.7 Å². The largest absolute Gasteiger partial charge is 0.507 e. The zero-order valence-corrected chi connectivity index (χ0v) is 13.8. The predicted octanol–water partition coefficient (Wildman–Crippen LogP) is 3.72. The number of nitrogens with two attached hydrogens (primary N) is 1. The molecule has 24 heavy (non-hydrogen) atoms. The number of hydrogen-bond acceptors (Lipinski definition) is 5. The van der Waals surface area contributed by atoms with Crippen molar-refractivity contribution in [2.75, 3.05) is 11.9 Å². The summed E-state index contributed by atoms with van der Waals surface area (Å²) in [5, 5.41) is 14.0. The summed E-state index contributed by atoms with van der Waals surface area (Å²) >= 11 is 0. The second-order valence-corrected chi connectivity index (χ2v) is 5.44. The second kappa shape index (κ2) is 7.70. The van der Waals surface area contributed by atoms with E-state index >= 15 is 0 Å². The molecule has 126 valence electrons. The monoisotopic (exact) mass is 328 g/mol. The van der Waals surface area contributed by atoms with Gasteiger partial charge in [-0.3, -0.25) is 0 Å². The van der Waals surface area contributed by atoms with Gasteiger partial charge in [-0.15, -0.1) is 0 Å². The number of aliphatic hydroxyl groups excluding tert-OH is 1. The molecule has 0 saturated carbocycles. The molecule has 0 aliphatic rings. The van der Waals surface area contributed by atoms with E-state index in [1.165, 1.54) is 6.08 Å². The van der Waals surface area contributed by atoms with Gasteiger partial charge in [-0.25, -0.2) is 14.4 Å². The lowest BCUT2D eigenvalue weighted by Crippen LogP contribution is -2.25. The van der Waals surface area contributed by atoms with Gasteiger partial charge < -0.3 is 16.2 Å². The van der Waals surface area contributed by atoms with E-state index in [-0.39, 0.29) is 23.2 Å². The van der Waals surface area contributed by atoms with Crippen LogP contribution in [-0.2, 0) is 0 Å². The molecule has 0 fully saturated rings. The number of nitrogens with one attached hydrogen (secondary N) is 1. The van der Waals surface area contributed by atoms with Crippen molar-refractivity contribution in [1.29, 1.82) is 0 Å². The first-order valence-corrected chi connectivity index (χ1v) is 7.61. The summed E-state index contributed by atoms with van der Waals surface area (Å²) in [6.45, 7) is 7.36. The fourth-order valence-corrected chi connectivity index (χ4v) is 2.20. The van der Waals surface area contributed by atoms with Crippen LogP contribution in [0.25, 0.3) is 16.5 Å². The molecular weight excluding hydrogens is 307 g/mol. The minimum Gasteiger partial charge on any atom is -0.507 e. The van der Waals surface area contributed by atoms with Gasteiger partial charge in [0.2, 0.25) is 0 Å². The maximum absolute atomic E-state index is 13.9. The summed E-state index contributed by atoms with van der Waals surface area (Å²) in [6, 6.07) is 7.27. The predicted molar refractivity (Wildman–Crippen MR) is 96.3 cm³/mol. The van der Waals surface area contributed by atoms with E-state index in [0.717, 1.165) is 5.39 Å². The standard InChI is InChI=1S/C18H21FN4O/c1-4-7-15(24)16(12(3)19)18-22-14-9-6-5-8-13(14)17(23-18)21-10-11(2)20/h4-9,11,24H,3,10,20H2,1-2H3,(H,21,22,23)/b7-4-,16-15-. The fourth-order valence-electron chi connectivity index (χ4n) is 2.20. The topological polar surface area (TPSA) is 84.1 Å². The van der Waals surface area contributed by atoms with Crippen LogP contribution in [0.1, 0.15) is 19.7 Å². The minimum atomic E-state index is -0.806. The van der Waals surface area contributed by atoms with E-state index in [2.05, 4.69) is 21.9 Å². The molecule has 1 heterocycles. The zero-order valence-electron chi connectivity index (χ0n) is 13.8. The number of nitrogens with zero attached hydrogens (tertiary/aromatic N) is 2. The number of aromatic nitrogens is 2. The average Bonchev–Trinajstić information content (AvgIpc) is 2.52. The molecule has 1 unspecified atom stereocenters. The van der Waals surface area contributed by atoms with E-state index in [4.69, 9.17) is 5.73 Å². The molecule has 4 N–H and O–H groups in total. The fraction of sp³-hybridized carbons (Fsp3) is 0.222. The first-order chi connectivity index (χ1) is 11.4. The Bertz CT molecular complexity index is 812. The Balaban J connectivity index is 2.66. The number of anilines is 1. The SMILES string of the molecule is C=C(F)/C(=C(O)\C=C/C)c1nc(NCC(C)N)c2ccccc2n1. The van der Waals surface area contributed by atoms with Crippen molar-refractivity contribution in [3.8, 4) is 0 Å². The molecule has 5 nitrogen and oxygen atoms in total. The number of hydrogen-bond donors (Lipinski definition) is 3. The Kier molecular flexibility index (Phi) is 5.65. The molecule has 0 spiro atoms. The third kappa shape index (κ3) is 3.97. The molecule has 0 amide bonds. The number of halogens is 1. The molecule has 1 aromatic heterocycles. The van der Waals surface area contributed by atoms with Gasteiger partial charge in [0.1, 0.15) is 17.4 Å². The third-order valence-corrected chi connectivity index (χ3v) is 3.27. The van der Waals surface area contributed by atoms with Crippen LogP contribution >= 0.6 is 0 Å². The van der Waals surface area contributed by atoms with E-state index < -0.39 is 5.83 Å². The zero-order chi connectivity index (χ0) is 17.7. The molecule has 0 saturated heterocycles. The van der Waals surface area contributed by atoms with Gasteiger partial charge in [-0.1, -0.05) is 24.8 Å². The summed E-state index contributed by atoms with van der Waals surface area (Å²) in [5.41, 5.74) is 6.27. The van der Waals surface area contributed by atoms with Crippen LogP contribution in [0, 0.1) is 0 Å². The van der Waals surface area contributed by atoms with Crippen molar-refractivity contribution in [1.82, 2.24) is 9.97 Å². The molecule has 2 rings (SSSR count). The van der Waals surface area contributed by atoms with Crippen LogP contribution in [0.4, 0.5) is 10.2 Å². The number of benzene rings is 1. The van der Waals surface area contributed by atoms with E-state index in [0.29, 0.717) is 17.9 Å². The molecule has 0 bridgehead atoms. The van der Waals surface area contributed by atoms with Gasteiger partial charge in [0.25, 0.3) is 0 Å². The maximum atomic E-state index is 13.9. The summed E-state index contributed by atoms with van der Waals surface area (Å²) in [6.07, 6.45) is 2.96. The van der Waals surface area contributed by atoms with Crippen molar-refractivity contribution < 1.29 is 9.50 Å². The molecular formula is C18H21FN4O. The Hall–Kier alpha value is -2.73. The van der Waals surface area contributed by atoms with Crippen molar-refractivity contribution in [3.05, 3.63) is 60.4 Å². The van der Waals surface area contributed by atoms with Crippen LogP contribution < -0.4 is 11.1 Å². The normalized spacial score (nSPS) is 13.8. The van der Waals surface area contributed by atoms with Crippen molar-refractivity contribution in [3.63, 3.8) is 0 Å². The number of aliphatic hydroxyl groups is 1. The Morgan fingerprint density at radius 1 is 1.42 bits per heavy atom. The Morgan fingerprint density at radius 2 is 2.12 bits per heavy atom. The number of allylic oxidation sites excluding steroid dienone is 4. The summed E-state index contributed by atoms with van der Waals surface area (Å²) in [4.78, 5) is 8.72. The van der Waals surface area contributed by atoms with Crippen LogP contribution in [0.3, 0.4) is 0 Å². The lowest BCUT2D eigenvalue weighted by Gasteiger charge is -2.13. The van der Waals surface area contributed by atoms with Gasteiger partial charge in [-0.2, -0.15) is 0 Å².